The number of nitrogens with one attached hydrogen (secondary N) is 1. The Balaban J connectivity index is 1.58. The molecule has 0 saturated heterocycles. The van der Waals surface area contributed by atoms with Gasteiger partial charge in [0.1, 0.15) is 17.6 Å². The second-order valence-corrected chi connectivity index (χ2v) is 9.69. The summed E-state index contributed by atoms with van der Waals surface area (Å²) in [4.78, 5) is 5.23. The second-order valence-electron chi connectivity index (χ2n) is 9.69. The molecule has 1 aromatic heterocycles. The van der Waals surface area contributed by atoms with Gasteiger partial charge in [-0.15, -0.1) is 0 Å². The Morgan fingerprint density at radius 1 is 1.19 bits per heavy atom. The summed E-state index contributed by atoms with van der Waals surface area (Å²) in [5, 5.41) is 13.0. The van der Waals surface area contributed by atoms with Gasteiger partial charge in [0.2, 0.25) is 0 Å². The van der Waals surface area contributed by atoms with E-state index < -0.39 is 0 Å². The summed E-state index contributed by atoms with van der Waals surface area (Å²) in [5.41, 5.74) is 9.59. The van der Waals surface area contributed by atoms with E-state index in [0.717, 1.165) is 29.1 Å². The first-order valence-corrected chi connectivity index (χ1v) is 11.1. The van der Waals surface area contributed by atoms with Crippen LogP contribution in [-0.4, -0.2) is 5.84 Å². The van der Waals surface area contributed by atoms with Crippen LogP contribution in [0.1, 0.15) is 77.7 Å². The predicted molar refractivity (Wildman–Crippen MR) is 121 cm³/mol. The monoisotopic (exact) mass is 407 g/mol. The maximum absolute atomic E-state index is 9.34. The molecule has 0 saturated carbocycles. The van der Waals surface area contributed by atoms with E-state index in [1.807, 2.05) is 30.5 Å². The molecule has 2 unspecified atom stereocenters. The molecule has 0 bridgehead atoms. The van der Waals surface area contributed by atoms with Crippen molar-refractivity contribution in [2.24, 2.45) is 4.99 Å². The van der Waals surface area contributed by atoms with Crippen LogP contribution in [0.25, 0.3) is 11.3 Å². The highest BCUT2D eigenvalue weighted by Gasteiger charge is 2.44. The molecule has 2 atom stereocenters. The van der Waals surface area contributed by atoms with Crippen LogP contribution in [0.5, 0.6) is 0 Å². The van der Waals surface area contributed by atoms with Gasteiger partial charge >= 0.3 is 0 Å². The third kappa shape index (κ3) is 2.56. The lowest BCUT2D eigenvalue weighted by atomic mass is 9.68. The number of nitriles is 1. The van der Waals surface area contributed by atoms with Crippen LogP contribution in [0, 0.1) is 18.3 Å². The molecule has 3 aromatic rings. The molecule has 2 heterocycles. The lowest BCUT2D eigenvalue weighted by molar-refractivity contribution is 0.426. The van der Waals surface area contributed by atoms with E-state index in [0.29, 0.717) is 5.56 Å². The summed E-state index contributed by atoms with van der Waals surface area (Å²) in [6.45, 7) is 6.83. The highest BCUT2D eigenvalue weighted by Crippen LogP contribution is 2.54. The van der Waals surface area contributed by atoms with E-state index >= 15 is 0 Å². The van der Waals surface area contributed by atoms with Crippen molar-refractivity contribution in [3.05, 3.63) is 81.6 Å². The number of hydrogen-bond acceptors (Lipinski definition) is 4. The van der Waals surface area contributed by atoms with Gasteiger partial charge in [-0.05, 0) is 66.0 Å². The molecule has 0 fully saturated rings. The SMILES string of the molecule is Cc1coc2c1C1NC(c3cccc(C#N)c3)=NC1c1c-2ccc2c1CCCC2(C)C. The molecule has 1 N–H and O–H groups in total. The Kier molecular flexibility index (Phi) is 3.77. The van der Waals surface area contributed by atoms with Gasteiger partial charge in [-0.2, -0.15) is 5.26 Å². The van der Waals surface area contributed by atoms with Gasteiger partial charge in [0, 0.05) is 16.7 Å². The van der Waals surface area contributed by atoms with E-state index in [9.17, 15) is 5.26 Å². The van der Waals surface area contributed by atoms with Crippen molar-refractivity contribution in [1.82, 2.24) is 5.32 Å². The molecule has 6 rings (SSSR count). The van der Waals surface area contributed by atoms with E-state index in [1.165, 1.54) is 40.7 Å². The molecular formula is C27H25N3O. The minimum absolute atomic E-state index is 0.0170. The smallest absolute Gasteiger partial charge is 0.139 e. The zero-order valence-electron chi connectivity index (χ0n) is 18.1. The highest BCUT2D eigenvalue weighted by molar-refractivity contribution is 6.01. The Hall–Kier alpha value is -3.32. The first-order chi connectivity index (χ1) is 15.0. The second kappa shape index (κ2) is 6.34. The molecule has 4 heteroatoms. The van der Waals surface area contributed by atoms with Crippen LogP contribution in [0.15, 0.2) is 52.1 Å². The van der Waals surface area contributed by atoms with Gasteiger partial charge < -0.3 is 9.73 Å². The van der Waals surface area contributed by atoms with Crippen molar-refractivity contribution in [2.45, 2.75) is 57.5 Å². The Morgan fingerprint density at radius 2 is 2.06 bits per heavy atom. The summed E-state index contributed by atoms with van der Waals surface area (Å²) >= 11 is 0. The van der Waals surface area contributed by atoms with Gasteiger partial charge in [-0.25, -0.2) is 0 Å². The quantitative estimate of drug-likeness (QED) is 0.547. The molecule has 3 aliphatic rings. The lowest BCUT2D eigenvalue weighted by Crippen LogP contribution is -2.30. The first kappa shape index (κ1) is 18.4. The fourth-order valence-electron chi connectivity index (χ4n) is 5.83. The molecule has 0 amide bonds. The molecule has 0 spiro atoms. The van der Waals surface area contributed by atoms with E-state index in [2.05, 4.69) is 44.3 Å². The molecule has 2 aliphatic carbocycles. The molecule has 0 radical (unpaired) electrons. The van der Waals surface area contributed by atoms with Crippen LogP contribution in [0.3, 0.4) is 0 Å². The number of amidine groups is 1. The third-order valence-electron chi connectivity index (χ3n) is 7.33. The van der Waals surface area contributed by atoms with Crippen molar-refractivity contribution >= 4 is 5.84 Å². The van der Waals surface area contributed by atoms with Crippen LogP contribution in [-0.2, 0) is 11.8 Å². The van der Waals surface area contributed by atoms with E-state index in [-0.39, 0.29) is 17.5 Å². The minimum atomic E-state index is 0.0170. The number of nitrogens with zero attached hydrogens (tertiary/aromatic N) is 2. The summed E-state index contributed by atoms with van der Waals surface area (Å²) in [6, 6.07) is 14.6. The number of aliphatic imine (C=N–C) groups is 1. The van der Waals surface area contributed by atoms with Crippen LogP contribution >= 0.6 is 0 Å². The number of rotatable bonds is 1. The number of hydrogen-bond donors (Lipinski definition) is 1. The molecular weight excluding hydrogens is 382 g/mol. The van der Waals surface area contributed by atoms with Crippen molar-refractivity contribution in [1.29, 1.82) is 5.26 Å². The summed E-state index contributed by atoms with van der Waals surface area (Å²) in [5.74, 6) is 1.84. The number of fused-ring (bicyclic) bond motifs is 8. The third-order valence-corrected chi connectivity index (χ3v) is 7.33. The summed E-state index contributed by atoms with van der Waals surface area (Å²) in [6.07, 6.45) is 5.38. The minimum Gasteiger partial charge on any atom is -0.464 e. The van der Waals surface area contributed by atoms with Gasteiger partial charge in [0.05, 0.1) is 23.9 Å². The zero-order valence-corrected chi connectivity index (χ0v) is 18.1. The van der Waals surface area contributed by atoms with Crippen molar-refractivity contribution in [3.8, 4) is 17.4 Å². The fourth-order valence-corrected chi connectivity index (χ4v) is 5.83. The topological polar surface area (TPSA) is 61.3 Å². The van der Waals surface area contributed by atoms with Crippen LogP contribution < -0.4 is 5.32 Å². The average Bonchev–Trinajstić information content (AvgIpc) is 3.37. The van der Waals surface area contributed by atoms with Crippen LogP contribution in [0.4, 0.5) is 0 Å². The molecule has 2 aromatic carbocycles. The standard InChI is InChI=1S/C27H25N3O/c1-15-14-31-25-19-9-10-20-18(8-5-11-27(20,2)3)22(19)24-23(21(15)25)29-26(30-24)17-7-4-6-16(12-17)13-28/h4,6-7,9-10,12,14,23-24H,5,8,11H2,1-3H3,(H,29,30). The molecule has 1 aliphatic heterocycles. The van der Waals surface area contributed by atoms with Gasteiger partial charge in [-0.3, -0.25) is 4.99 Å². The van der Waals surface area contributed by atoms with Crippen molar-refractivity contribution < 1.29 is 4.42 Å². The fraction of sp³-hybridized carbons (Fsp3) is 0.333. The maximum atomic E-state index is 9.34. The Labute approximate surface area is 182 Å². The molecule has 31 heavy (non-hydrogen) atoms. The first-order valence-electron chi connectivity index (χ1n) is 11.1. The maximum Gasteiger partial charge on any atom is 0.139 e. The summed E-state index contributed by atoms with van der Waals surface area (Å²) in [7, 11) is 0. The Morgan fingerprint density at radius 3 is 2.90 bits per heavy atom. The van der Waals surface area contributed by atoms with E-state index in [4.69, 9.17) is 9.41 Å². The summed E-state index contributed by atoms with van der Waals surface area (Å²) < 4.78 is 6.11. The number of aryl methyl sites for hydroxylation is 1. The highest BCUT2D eigenvalue weighted by atomic mass is 16.3. The van der Waals surface area contributed by atoms with Gasteiger partial charge in [0.15, 0.2) is 0 Å². The Bertz CT molecular complexity index is 1300. The normalized spacial score (nSPS) is 22.3. The van der Waals surface area contributed by atoms with Gasteiger partial charge in [-0.1, -0.05) is 38.1 Å². The molecule has 154 valence electrons. The van der Waals surface area contributed by atoms with Crippen LogP contribution in [0.2, 0.25) is 0 Å². The van der Waals surface area contributed by atoms with E-state index in [1.54, 1.807) is 0 Å². The lowest BCUT2D eigenvalue weighted by Gasteiger charge is -2.37. The average molecular weight is 408 g/mol. The van der Waals surface area contributed by atoms with Gasteiger partial charge in [0.25, 0.3) is 0 Å². The molecule has 4 nitrogen and oxygen atoms in total. The zero-order chi connectivity index (χ0) is 21.3. The van der Waals surface area contributed by atoms with Crippen molar-refractivity contribution in [2.75, 3.05) is 0 Å². The number of benzene rings is 2. The van der Waals surface area contributed by atoms with Crippen molar-refractivity contribution in [3.63, 3.8) is 0 Å². The number of furan rings is 1. The largest absolute Gasteiger partial charge is 0.464 e. The predicted octanol–water partition coefficient (Wildman–Crippen LogP) is 5.89.